The Balaban J connectivity index is 1.56. The maximum absolute atomic E-state index is 13.6. The molecule has 11 heteroatoms. The number of nitrogens with zero attached hydrogens (tertiary/aromatic N) is 1. The fourth-order valence-electron chi connectivity index (χ4n) is 6.11. The molecular formula is C29H29N3O8. The molecule has 0 aliphatic heterocycles. The summed E-state index contributed by atoms with van der Waals surface area (Å²) < 4.78 is 0. The average molecular weight is 548 g/mol. The fraction of sp³-hybridized carbons (Fsp3) is 0.310. The zero-order chi connectivity index (χ0) is 29.1. The number of primary amides is 1. The van der Waals surface area contributed by atoms with Gasteiger partial charge in [-0.25, -0.2) is 0 Å². The number of nitrogens with one attached hydrogen (secondary N) is 1. The lowest BCUT2D eigenvalue weighted by atomic mass is 9.59. The number of Topliss-reactive ketones (excluding diaryl/α,β-unsaturated/α-hetero) is 2. The smallest absolute Gasteiger partial charge is 0.255 e. The van der Waals surface area contributed by atoms with Crippen LogP contribution in [0.1, 0.15) is 24.0 Å². The Bertz CT molecular complexity index is 1540. The van der Waals surface area contributed by atoms with Gasteiger partial charge in [-0.15, -0.1) is 0 Å². The Morgan fingerprint density at radius 1 is 1.05 bits per heavy atom. The fourth-order valence-corrected chi connectivity index (χ4v) is 6.11. The summed E-state index contributed by atoms with van der Waals surface area (Å²) in [7, 11) is 3.58. The molecule has 1 saturated carbocycles. The van der Waals surface area contributed by atoms with Crippen LogP contribution in [0.25, 0.3) is 16.9 Å². The summed E-state index contributed by atoms with van der Waals surface area (Å²) in [4.78, 5) is 51.8. The van der Waals surface area contributed by atoms with E-state index in [9.17, 15) is 39.6 Å². The Morgan fingerprint density at radius 2 is 1.73 bits per heavy atom. The quantitative estimate of drug-likeness (QED) is 0.302. The van der Waals surface area contributed by atoms with E-state index in [0.717, 1.165) is 5.56 Å². The largest absolute Gasteiger partial charge is 0.508 e. The van der Waals surface area contributed by atoms with Gasteiger partial charge in [0.05, 0.1) is 12.1 Å². The third kappa shape index (κ3) is 4.14. The lowest BCUT2D eigenvalue weighted by Gasteiger charge is -2.46. The molecule has 0 spiro atoms. The lowest BCUT2D eigenvalue weighted by molar-refractivity contribution is -0.147. The molecule has 208 valence electrons. The van der Waals surface area contributed by atoms with Gasteiger partial charge in [0.1, 0.15) is 22.8 Å². The van der Waals surface area contributed by atoms with Crippen LogP contribution in [-0.4, -0.2) is 74.9 Å². The molecule has 7 N–H and O–H groups in total. The minimum atomic E-state index is -2.60. The summed E-state index contributed by atoms with van der Waals surface area (Å²) in [6, 6.07) is 10.1. The van der Waals surface area contributed by atoms with Gasteiger partial charge in [0.15, 0.2) is 11.4 Å². The molecule has 0 aromatic heterocycles. The second-order valence-corrected chi connectivity index (χ2v) is 10.8. The minimum Gasteiger partial charge on any atom is -0.508 e. The van der Waals surface area contributed by atoms with E-state index >= 15 is 0 Å². The molecule has 2 aromatic carbocycles. The Kier molecular flexibility index (Phi) is 6.51. The number of rotatable bonds is 5. The average Bonchev–Trinajstić information content (AvgIpc) is 2.86. The van der Waals surface area contributed by atoms with Crippen LogP contribution < -0.4 is 11.1 Å². The van der Waals surface area contributed by atoms with Crippen molar-refractivity contribution in [2.75, 3.05) is 26.0 Å². The molecule has 0 radical (unpaired) electrons. The van der Waals surface area contributed by atoms with Crippen molar-refractivity contribution in [1.82, 2.24) is 4.90 Å². The van der Waals surface area contributed by atoms with E-state index in [1.54, 1.807) is 49.3 Å². The number of carbonyl (C=O) groups excluding carboxylic acids is 4. The molecule has 0 unspecified atom stereocenters. The summed E-state index contributed by atoms with van der Waals surface area (Å²) >= 11 is 0. The van der Waals surface area contributed by atoms with Crippen molar-refractivity contribution in [1.29, 1.82) is 0 Å². The zero-order valence-corrected chi connectivity index (χ0v) is 21.9. The van der Waals surface area contributed by atoms with Gasteiger partial charge in [0, 0.05) is 23.6 Å². The number of phenols is 1. The Hall–Kier alpha value is -4.48. The van der Waals surface area contributed by atoms with Crippen LogP contribution in [-0.2, 0) is 25.6 Å². The highest BCUT2D eigenvalue weighted by molar-refractivity contribution is 6.22. The number of phenolic OH excluding ortho intramolecular Hbond substituents is 1. The van der Waals surface area contributed by atoms with E-state index in [-0.39, 0.29) is 48.6 Å². The molecule has 5 rings (SSSR count). The van der Waals surface area contributed by atoms with Gasteiger partial charge in [0.25, 0.3) is 5.91 Å². The number of hydrogen-bond donors (Lipinski definition) is 6. The first kappa shape index (κ1) is 27.1. The van der Waals surface area contributed by atoms with E-state index in [1.165, 1.54) is 6.07 Å². The summed E-state index contributed by atoms with van der Waals surface area (Å²) in [5.41, 5.74) is 4.19. The topological polar surface area (TPSA) is 190 Å². The number of ketones is 2. The predicted molar refractivity (Wildman–Crippen MR) is 144 cm³/mol. The Labute approximate surface area is 229 Å². The summed E-state index contributed by atoms with van der Waals surface area (Å²) in [6.07, 6.45) is -0.135. The molecule has 2 amide bonds. The lowest BCUT2D eigenvalue weighted by Crippen LogP contribution is -2.58. The van der Waals surface area contributed by atoms with Gasteiger partial charge in [0.2, 0.25) is 11.7 Å². The summed E-state index contributed by atoms with van der Waals surface area (Å²) in [5.74, 6) is -6.84. The maximum atomic E-state index is 13.6. The van der Waals surface area contributed by atoms with E-state index in [2.05, 4.69) is 5.32 Å². The van der Waals surface area contributed by atoms with Crippen molar-refractivity contribution >= 4 is 34.8 Å². The van der Waals surface area contributed by atoms with Gasteiger partial charge in [-0.2, -0.15) is 0 Å². The molecule has 40 heavy (non-hydrogen) atoms. The molecule has 0 saturated heterocycles. The molecule has 3 aliphatic carbocycles. The molecule has 2 aromatic rings. The number of nitrogens with two attached hydrogens (primary N) is 1. The van der Waals surface area contributed by atoms with Crippen molar-refractivity contribution in [2.45, 2.75) is 24.9 Å². The first-order chi connectivity index (χ1) is 18.8. The van der Waals surface area contributed by atoms with Gasteiger partial charge in [-0.1, -0.05) is 18.2 Å². The standard InChI is InChI=1S/C29H29N3O8/c1-32(2)12-21(35)31-16-5-3-13(4-6-16)17-7-8-19(33)23-18(17)10-14-9-15-11-20(34)24(28(30)39)27(38)29(15,40)26(37)22(14)25(23)36/h3-8,14-15,33,36,38,40H,9-12H2,1-2H3,(H2,30,39)(H,31,35)/t14-,15+,29+/m1/s1. The van der Waals surface area contributed by atoms with E-state index in [0.29, 0.717) is 16.8 Å². The number of carbonyl (C=O) groups is 4. The van der Waals surface area contributed by atoms with Crippen molar-refractivity contribution < 1.29 is 39.6 Å². The van der Waals surface area contributed by atoms with Crippen LogP contribution in [0.4, 0.5) is 5.69 Å². The number of benzene rings is 2. The SMILES string of the molecule is CN(C)CC(=O)Nc1ccc(-c2ccc(O)c3c2C[C@H]2C[C@H]4CC(=O)C(C(N)=O)=C(O)[C@@]4(O)C(=O)C2=C3O)cc1. The van der Waals surface area contributed by atoms with Gasteiger partial charge in [-0.3, -0.25) is 19.2 Å². The number of aliphatic hydroxyl groups is 3. The third-order valence-corrected chi connectivity index (χ3v) is 7.89. The van der Waals surface area contributed by atoms with Crippen molar-refractivity contribution in [2.24, 2.45) is 17.6 Å². The number of anilines is 1. The molecule has 0 bridgehead atoms. The number of aliphatic hydroxyl groups excluding tert-OH is 2. The normalized spacial score (nSPS) is 24.0. The number of fused-ring (bicyclic) bond motifs is 3. The van der Waals surface area contributed by atoms with Gasteiger partial charge >= 0.3 is 0 Å². The number of amides is 2. The number of likely N-dealkylation sites (N-methyl/N-ethyl adjacent to an activating group) is 1. The molecule has 3 aliphatic rings. The second-order valence-electron chi connectivity index (χ2n) is 10.8. The first-order valence-corrected chi connectivity index (χ1v) is 12.7. The second kappa shape index (κ2) is 9.61. The molecule has 3 atom stereocenters. The van der Waals surface area contributed by atoms with E-state index in [4.69, 9.17) is 5.73 Å². The molecule has 0 heterocycles. The highest BCUT2D eigenvalue weighted by atomic mass is 16.3. The van der Waals surface area contributed by atoms with Crippen LogP contribution in [0.15, 0.2) is 53.3 Å². The van der Waals surface area contributed by atoms with E-state index in [1.807, 2.05) is 0 Å². The Morgan fingerprint density at radius 3 is 2.35 bits per heavy atom. The van der Waals surface area contributed by atoms with Crippen LogP contribution >= 0.6 is 0 Å². The number of aromatic hydroxyl groups is 1. The first-order valence-electron chi connectivity index (χ1n) is 12.7. The van der Waals surface area contributed by atoms with Crippen molar-refractivity contribution in [3.8, 4) is 16.9 Å². The van der Waals surface area contributed by atoms with Crippen LogP contribution in [0.5, 0.6) is 5.75 Å². The summed E-state index contributed by atoms with van der Waals surface area (Å²) in [5, 5.41) is 46.8. The minimum absolute atomic E-state index is 0.0213. The highest BCUT2D eigenvalue weighted by Gasteiger charge is 2.60. The number of hydrogen-bond acceptors (Lipinski definition) is 9. The van der Waals surface area contributed by atoms with Crippen molar-refractivity contribution in [3.63, 3.8) is 0 Å². The van der Waals surface area contributed by atoms with Crippen molar-refractivity contribution in [3.05, 3.63) is 64.4 Å². The van der Waals surface area contributed by atoms with Crippen LogP contribution in [0.3, 0.4) is 0 Å². The maximum Gasteiger partial charge on any atom is 0.255 e. The summed E-state index contributed by atoms with van der Waals surface area (Å²) in [6.45, 7) is 0.223. The molecule has 11 nitrogen and oxygen atoms in total. The van der Waals surface area contributed by atoms with Crippen LogP contribution in [0, 0.1) is 11.8 Å². The molecular weight excluding hydrogens is 518 g/mol. The van der Waals surface area contributed by atoms with Crippen LogP contribution in [0.2, 0.25) is 0 Å². The van der Waals surface area contributed by atoms with Gasteiger partial charge in [-0.05, 0) is 67.7 Å². The van der Waals surface area contributed by atoms with E-state index < -0.39 is 52.0 Å². The van der Waals surface area contributed by atoms with Gasteiger partial charge < -0.3 is 36.4 Å². The third-order valence-electron chi connectivity index (χ3n) is 7.89. The zero-order valence-electron chi connectivity index (χ0n) is 21.9. The molecule has 1 fully saturated rings. The monoisotopic (exact) mass is 547 g/mol. The highest BCUT2D eigenvalue weighted by Crippen LogP contribution is 2.53. The predicted octanol–water partition coefficient (Wildman–Crippen LogP) is 1.59.